The van der Waals surface area contributed by atoms with E-state index in [4.69, 9.17) is 9.57 Å². The summed E-state index contributed by atoms with van der Waals surface area (Å²) >= 11 is 0. The van der Waals surface area contributed by atoms with Crippen LogP contribution in [0.25, 0.3) is 0 Å². The topological polar surface area (TPSA) is 73.7 Å². The van der Waals surface area contributed by atoms with Gasteiger partial charge in [-0.3, -0.25) is 4.84 Å². The molecule has 0 spiro atoms. The minimum atomic E-state index is -3.35. The Morgan fingerprint density at radius 3 is 2.75 bits per heavy atom. The van der Waals surface area contributed by atoms with Gasteiger partial charge in [-0.05, 0) is 38.0 Å². The van der Waals surface area contributed by atoms with Crippen LogP contribution in [0.5, 0.6) is 0 Å². The highest BCUT2D eigenvalue weighted by atomic mass is 32.2. The molecule has 2 saturated heterocycles. The van der Waals surface area contributed by atoms with Crippen LogP contribution in [-0.2, 0) is 32.5 Å². The number of hydroxylamine groups is 2. The van der Waals surface area contributed by atoms with Crippen molar-refractivity contribution in [3.05, 3.63) is 11.9 Å². The Kier molecular flexibility index (Phi) is 4.64. The Hall–Kier alpha value is -0.960. The Labute approximate surface area is 142 Å². The molecule has 1 unspecified atom stereocenters. The van der Waals surface area contributed by atoms with Gasteiger partial charge in [0.25, 0.3) is 0 Å². The molecule has 4 rings (SSSR count). The lowest BCUT2D eigenvalue weighted by Gasteiger charge is -2.19. The maximum absolute atomic E-state index is 12.8. The van der Waals surface area contributed by atoms with Crippen LogP contribution in [0.2, 0.25) is 0 Å². The average molecular weight is 355 g/mol. The third-order valence-electron chi connectivity index (χ3n) is 4.91. The zero-order valence-corrected chi connectivity index (χ0v) is 14.7. The molecule has 8 heteroatoms. The van der Waals surface area contributed by atoms with Gasteiger partial charge in [-0.15, -0.1) is 0 Å². The van der Waals surface area contributed by atoms with Gasteiger partial charge in [0.1, 0.15) is 0 Å². The highest BCUT2D eigenvalue weighted by molar-refractivity contribution is 7.91. The van der Waals surface area contributed by atoms with Crippen LogP contribution in [0.3, 0.4) is 0 Å². The van der Waals surface area contributed by atoms with Crippen LogP contribution >= 0.6 is 0 Å². The first-order valence-electron chi connectivity index (χ1n) is 8.88. The van der Waals surface area contributed by atoms with Crippen molar-refractivity contribution in [2.75, 3.05) is 25.5 Å². The van der Waals surface area contributed by atoms with Gasteiger partial charge >= 0.3 is 0 Å². The number of imidazole rings is 1. The Morgan fingerprint density at radius 2 is 2.08 bits per heavy atom. The van der Waals surface area contributed by atoms with Crippen LogP contribution in [-0.4, -0.2) is 54.6 Å². The number of aromatic nitrogens is 2. The Balaban J connectivity index is 1.59. The summed E-state index contributed by atoms with van der Waals surface area (Å²) in [5, 5.41) is 2.10. The van der Waals surface area contributed by atoms with Gasteiger partial charge in [-0.25, -0.2) is 13.4 Å². The van der Waals surface area contributed by atoms with Crippen LogP contribution < -0.4 is 0 Å². The molecule has 3 fully saturated rings. The number of nitrogens with zero attached hydrogens (tertiary/aromatic N) is 3. The van der Waals surface area contributed by atoms with Crippen LogP contribution in [0, 0.1) is 5.92 Å². The van der Waals surface area contributed by atoms with E-state index in [-0.39, 0.29) is 17.0 Å². The molecule has 2 aliphatic heterocycles. The third-order valence-corrected chi connectivity index (χ3v) is 6.70. The summed E-state index contributed by atoms with van der Waals surface area (Å²) in [6.07, 6.45) is 6.81. The average Bonchev–Trinajstić information content (AvgIpc) is 3.01. The summed E-state index contributed by atoms with van der Waals surface area (Å²) in [6.45, 7) is 3.48. The Morgan fingerprint density at radius 1 is 1.21 bits per heavy atom. The molecule has 7 nitrogen and oxygen atoms in total. The molecule has 0 bridgehead atoms. The van der Waals surface area contributed by atoms with Crippen LogP contribution in [0.4, 0.5) is 0 Å². The molecule has 134 valence electrons. The van der Waals surface area contributed by atoms with Crippen molar-refractivity contribution < 1.29 is 18.0 Å². The standard InChI is InChI=1S/C16H25N3O4S/c20-24(21,12-13-4-5-13)16-17-9-14(10-18-6-2-8-23-18)19(16)11-15-3-1-7-22-15/h9,13,15H,1-8,10-12H2. The van der Waals surface area contributed by atoms with E-state index in [1.165, 1.54) is 0 Å². The van der Waals surface area contributed by atoms with Gasteiger partial charge in [0.05, 0.1) is 43.4 Å². The van der Waals surface area contributed by atoms with E-state index in [0.29, 0.717) is 19.0 Å². The smallest absolute Gasteiger partial charge is 0.227 e. The summed E-state index contributed by atoms with van der Waals surface area (Å²) in [4.78, 5) is 9.85. The summed E-state index contributed by atoms with van der Waals surface area (Å²) in [5.74, 6) is 0.531. The maximum Gasteiger partial charge on any atom is 0.227 e. The normalized spacial score (nSPS) is 25.6. The van der Waals surface area contributed by atoms with Gasteiger partial charge in [0.2, 0.25) is 15.0 Å². The molecule has 3 aliphatic rings. The van der Waals surface area contributed by atoms with E-state index in [1.807, 2.05) is 9.63 Å². The van der Waals surface area contributed by atoms with E-state index >= 15 is 0 Å². The zero-order valence-electron chi connectivity index (χ0n) is 13.9. The van der Waals surface area contributed by atoms with Crippen LogP contribution in [0.1, 0.15) is 37.8 Å². The summed E-state index contributed by atoms with van der Waals surface area (Å²) in [7, 11) is -3.35. The first-order chi connectivity index (χ1) is 11.6. The number of hydrogen-bond acceptors (Lipinski definition) is 6. The zero-order chi connectivity index (χ0) is 16.6. The lowest BCUT2D eigenvalue weighted by atomic mass is 10.2. The minimum Gasteiger partial charge on any atom is -0.376 e. The second-order valence-electron chi connectivity index (χ2n) is 7.05. The van der Waals surface area contributed by atoms with Gasteiger partial charge in [-0.1, -0.05) is 0 Å². The van der Waals surface area contributed by atoms with Crippen molar-refractivity contribution in [3.63, 3.8) is 0 Å². The number of hydrogen-bond donors (Lipinski definition) is 0. The molecule has 24 heavy (non-hydrogen) atoms. The van der Waals surface area contributed by atoms with Crippen molar-refractivity contribution in [1.82, 2.24) is 14.6 Å². The lowest BCUT2D eigenvalue weighted by Crippen LogP contribution is -2.25. The molecule has 0 radical (unpaired) electrons. The first kappa shape index (κ1) is 16.5. The van der Waals surface area contributed by atoms with Gasteiger partial charge in [-0.2, -0.15) is 5.06 Å². The molecule has 1 saturated carbocycles. The van der Waals surface area contributed by atoms with E-state index < -0.39 is 9.84 Å². The summed E-state index contributed by atoms with van der Waals surface area (Å²) in [6, 6.07) is 0. The molecule has 0 amide bonds. The van der Waals surface area contributed by atoms with Crippen molar-refractivity contribution in [1.29, 1.82) is 0 Å². The fraction of sp³-hybridized carbons (Fsp3) is 0.812. The SMILES string of the molecule is O=S(=O)(CC1CC1)c1ncc(CN2CCCO2)n1CC1CCCO1. The Bertz CT molecular complexity index is 671. The number of rotatable bonds is 7. The quantitative estimate of drug-likeness (QED) is 0.736. The first-order valence-corrected chi connectivity index (χ1v) is 10.5. The molecule has 1 aliphatic carbocycles. The van der Waals surface area contributed by atoms with Gasteiger partial charge in [0.15, 0.2) is 0 Å². The predicted molar refractivity (Wildman–Crippen MR) is 87.0 cm³/mol. The lowest BCUT2D eigenvalue weighted by molar-refractivity contribution is -0.118. The van der Waals surface area contributed by atoms with Gasteiger partial charge < -0.3 is 9.30 Å². The van der Waals surface area contributed by atoms with Crippen molar-refractivity contribution in [2.24, 2.45) is 5.92 Å². The second-order valence-corrected chi connectivity index (χ2v) is 8.98. The molecule has 1 aromatic heterocycles. The molecule has 3 heterocycles. The maximum atomic E-state index is 12.8. The minimum absolute atomic E-state index is 0.0762. The summed E-state index contributed by atoms with van der Waals surface area (Å²) in [5.41, 5.74) is 0.891. The molecule has 1 atom stereocenters. The van der Waals surface area contributed by atoms with Gasteiger partial charge in [0, 0.05) is 13.2 Å². The van der Waals surface area contributed by atoms with E-state index in [0.717, 1.165) is 57.6 Å². The monoisotopic (exact) mass is 355 g/mol. The molecular formula is C16H25N3O4S. The molecular weight excluding hydrogens is 330 g/mol. The van der Waals surface area contributed by atoms with Crippen molar-refractivity contribution >= 4 is 9.84 Å². The fourth-order valence-corrected chi connectivity index (χ4v) is 5.27. The van der Waals surface area contributed by atoms with Crippen molar-refractivity contribution in [2.45, 2.75) is 56.5 Å². The fourth-order valence-electron chi connectivity index (χ4n) is 3.43. The molecule has 0 aromatic carbocycles. The second kappa shape index (κ2) is 6.74. The number of sulfone groups is 1. The highest BCUT2D eigenvalue weighted by Crippen LogP contribution is 2.32. The number of ether oxygens (including phenoxy) is 1. The summed E-state index contributed by atoms with van der Waals surface area (Å²) < 4.78 is 33.1. The molecule has 0 N–H and O–H groups in total. The van der Waals surface area contributed by atoms with E-state index in [1.54, 1.807) is 6.20 Å². The van der Waals surface area contributed by atoms with E-state index in [2.05, 4.69) is 4.98 Å². The molecule has 1 aromatic rings. The highest BCUT2D eigenvalue weighted by Gasteiger charge is 2.33. The largest absolute Gasteiger partial charge is 0.376 e. The van der Waals surface area contributed by atoms with Crippen molar-refractivity contribution in [3.8, 4) is 0 Å². The van der Waals surface area contributed by atoms with E-state index in [9.17, 15) is 8.42 Å². The third kappa shape index (κ3) is 3.66. The van der Waals surface area contributed by atoms with Crippen LogP contribution in [0.15, 0.2) is 11.4 Å². The predicted octanol–water partition coefficient (Wildman–Crippen LogP) is 1.38.